The third-order valence-electron chi connectivity index (χ3n) is 4.35. The van der Waals surface area contributed by atoms with Crippen LogP contribution in [0.5, 0.6) is 0 Å². The van der Waals surface area contributed by atoms with Crippen LogP contribution in [0.1, 0.15) is 27.9 Å². The van der Waals surface area contributed by atoms with Crippen LogP contribution < -0.4 is 5.43 Å². The predicted octanol–water partition coefficient (Wildman–Crippen LogP) is 2.83. The number of rotatable bonds is 6. The number of hydrogen-bond acceptors (Lipinski definition) is 5. The van der Waals surface area contributed by atoms with Crippen LogP contribution in [0.25, 0.3) is 10.9 Å². The van der Waals surface area contributed by atoms with E-state index in [-0.39, 0.29) is 30.8 Å². The second kappa shape index (κ2) is 7.95. The maximum atomic E-state index is 12.3. The molecule has 6 nitrogen and oxygen atoms in total. The van der Waals surface area contributed by atoms with E-state index in [1.807, 2.05) is 26.0 Å². The molecule has 0 amide bonds. The molecule has 0 atom stereocenters. The Labute approximate surface area is 156 Å². The Morgan fingerprint density at radius 1 is 1.11 bits per heavy atom. The second-order valence-corrected chi connectivity index (χ2v) is 6.40. The molecule has 6 heteroatoms. The SMILES string of the molecule is Cc1ccc(C)c(C(=O)COC(=O)CCn2ncc(=O)c3ccccc32)c1. The fraction of sp³-hybridized carbons (Fsp3) is 0.238. The number of carbonyl (C=O) groups excluding carboxylic acids is 2. The van der Waals surface area contributed by atoms with Gasteiger partial charge in [0, 0.05) is 10.9 Å². The number of ether oxygens (including phenoxy) is 1. The first-order valence-electron chi connectivity index (χ1n) is 8.66. The number of ketones is 1. The molecule has 0 unspecified atom stereocenters. The summed E-state index contributed by atoms with van der Waals surface area (Å²) in [5.74, 6) is -0.713. The molecule has 0 fully saturated rings. The van der Waals surface area contributed by atoms with Gasteiger partial charge >= 0.3 is 5.97 Å². The molecule has 2 aromatic carbocycles. The molecule has 3 aromatic rings. The number of fused-ring (bicyclic) bond motifs is 1. The molecule has 0 aliphatic carbocycles. The molecule has 0 N–H and O–H groups in total. The van der Waals surface area contributed by atoms with Crippen molar-refractivity contribution in [3.63, 3.8) is 0 Å². The van der Waals surface area contributed by atoms with Crippen molar-refractivity contribution in [2.24, 2.45) is 0 Å². The Bertz CT molecular complexity index is 1070. The minimum Gasteiger partial charge on any atom is -0.457 e. The summed E-state index contributed by atoms with van der Waals surface area (Å²) >= 11 is 0. The molecule has 0 saturated heterocycles. The van der Waals surface area contributed by atoms with Crippen molar-refractivity contribution in [3.05, 3.63) is 75.6 Å². The highest BCUT2D eigenvalue weighted by atomic mass is 16.5. The van der Waals surface area contributed by atoms with E-state index >= 15 is 0 Å². The number of benzene rings is 2. The smallest absolute Gasteiger partial charge is 0.308 e. The molecular formula is C21H20N2O4. The van der Waals surface area contributed by atoms with Gasteiger partial charge in [-0.1, -0.05) is 29.8 Å². The van der Waals surface area contributed by atoms with Crippen molar-refractivity contribution in [1.29, 1.82) is 0 Å². The van der Waals surface area contributed by atoms with E-state index in [0.29, 0.717) is 16.5 Å². The second-order valence-electron chi connectivity index (χ2n) is 6.40. The number of nitrogens with zero attached hydrogens (tertiary/aromatic N) is 2. The van der Waals surface area contributed by atoms with Gasteiger partial charge in [0.15, 0.2) is 6.61 Å². The van der Waals surface area contributed by atoms with Gasteiger partial charge in [-0.25, -0.2) is 0 Å². The number of aryl methyl sites for hydroxylation is 3. The number of esters is 1. The van der Waals surface area contributed by atoms with E-state index in [9.17, 15) is 14.4 Å². The first-order chi connectivity index (χ1) is 13.0. The minimum atomic E-state index is -0.488. The zero-order chi connectivity index (χ0) is 19.4. The number of para-hydroxylation sites is 1. The zero-order valence-electron chi connectivity index (χ0n) is 15.3. The summed E-state index contributed by atoms with van der Waals surface area (Å²) in [5.41, 5.74) is 2.89. The first kappa shape index (κ1) is 18.5. The van der Waals surface area contributed by atoms with E-state index < -0.39 is 5.97 Å². The van der Waals surface area contributed by atoms with Crippen molar-refractivity contribution < 1.29 is 14.3 Å². The number of Topliss-reactive ketones (excluding diaryl/α,β-unsaturated/α-hetero) is 1. The number of aromatic nitrogens is 2. The van der Waals surface area contributed by atoms with Crippen molar-refractivity contribution in [2.45, 2.75) is 26.8 Å². The van der Waals surface area contributed by atoms with Crippen molar-refractivity contribution in [2.75, 3.05) is 6.61 Å². The number of hydrogen-bond donors (Lipinski definition) is 0. The van der Waals surface area contributed by atoms with Crippen LogP contribution in [0, 0.1) is 13.8 Å². The van der Waals surface area contributed by atoms with Crippen LogP contribution >= 0.6 is 0 Å². The van der Waals surface area contributed by atoms with Gasteiger partial charge in [0.25, 0.3) is 0 Å². The van der Waals surface area contributed by atoms with E-state index in [1.165, 1.54) is 6.20 Å². The molecule has 0 aliphatic rings. The van der Waals surface area contributed by atoms with E-state index in [1.54, 1.807) is 35.0 Å². The molecular weight excluding hydrogens is 344 g/mol. The Balaban J connectivity index is 1.61. The number of carbonyl (C=O) groups is 2. The highest BCUT2D eigenvalue weighted by Gasteiger charge is 2.13. The van der Waals surface area contributed by atoms with E-state index in [4.69, 9.17) is 4.74 Å². The zero-order valence-corrected chi connectivity index (χ0v) is 15.3. The molecule has 27 heavy (non-hydrogen) atoms. The Hall–Kier alpha value is -3.28. The minimum absolute atomic E-state index is 0.0555. The lowest BCUT2D eigenvalue weighted by Crippen LogP contribution is -2.18. The molecule has 3 rings (SSSR count). The molecule has 0 bridgehead atoms. The lowest BCUT2D eigenvalue weighted by Gasteiger charge is -2.10. The topological polar surface area (TPSA) is 78.3 Å². The molecule has 0 saturated carbocycles. The van der Waals surface area contributed by atoms with E-state index in [0.717, 1.165) is 11.1 Å². The third kappa shape index (κ3) is 4.28. The molecule has 0 radical (unpaired) electrons. The maximum Gasteiger partial charge on any atom is 0.308 e. The van der Waals surface area contributed by atoms with Crippen molar-refractivity contribution in [3.8, 4) is 0 Å². The average Bonchev–Trinajstić information content (AvgIpc) is 2.67. The summed E-state index contributed by atoms with van der Waals surface area (Å²) in [6, 6.07) is 12.7. The van der Waals surface area contributed by atoms with Crippen molar-refractivity contribution in [1.82, 2.24) is 9.78 Å². The highest BCUT2D eigenvalue weighted by Crippen LogP contribution is 2.12. The standard InChI is InChI=1S/C21H20N2O4/c1-14-7-8-15(2)17(11-14)20(25)13-27-21(26)9-10-23-18-6-4-3-5-16(18)19(24)12-22-23/h3-8,11-12H,9-10,13H2,1-2H3. The van der Waals surface area contributed by atoms with Gasteiger partial charge in [-0.3, -0.25) is 19.1 Å². The first-order valence-corrected chi connectivity index (χ1v) is 8.66. The van der Waals surface area contributed by atoms with E-state index in [2.05, 4.69) is 5.10 Å². The van der Waals surface area contributed by atoms with Gasteiger partial charge in [-0.15, -0.1) is 0 Å². The monoisotopic (exact) mass is 364 g/mol. The average molecular weight is 364 g/mol. The lowest BCUT2D eigenvalue weighted by molar-refractivity contribution is -0.142. The summed E-state index contributed by atoms with van der Waals surface area (Å²) < 4.78 is 6.71. The van der Waals surface area contributed by atoms with Crippen LogP contribution in [0.15, 0.2) is 53.5 Å². The van der Waals surface area contributed by atoms with Crippen LogP contribution in [0.3, 0.4) is 0 Å². The Morgan fingerprint density at radius 3 is 2.70 bits per heavy atom. The fourth-order valence-electron chi connectivity index (χ4n) is 2.87. The van der Waals surface area contributed by atoms with Gasteiger partial charge in [0.2, 0.25) is 11.2 Å². The van der Waals surface area contributed by atoms with Gasteiger partial charge in [-0.05, 0) is 37.6 Å². The van der Waals surface area contributed by atoms with Crippen LogP contribution in [-0.4, -0.2) is 28.1 Å². The molecule has 0 spiro atoms. The van der Waals surface area contributed by atoms with Crippen LogP contribution in [0.2, 0.25) is 0 Å². The summed E-state index contributed by atoms with van der Waals surface area (Å²) in [6.07, 6.45) is 1.29. The summed E-state index contributed by atoms with van der Waals surface area (Å²) in [4.78, 5) is 36.1. The summed E-state index contributed by atoms with van der Waals surface area (Å²) in [6.45, 7) is 3.73. The molecule has 1 aromatic heterocycles. The normalized spacial score (nSPS) is 10.7. The molecule has 138 valence electrons. The fourth-order valence-corrected chi connectivity index (χ4v) is 2.87. The van der Waals surface area contributed by atoms with Crippen LogP contribution in [0.4, 0.5) is 0 Å². The van der Waals surface area contributed by atoms with Gasteiger partial charge < -0.3 is 4.74 Å². The van der Waals surface area contributed by atoms with Crippen LogP contribution in [-0.2, 0) is 16.1 Å². The highest BCUT2D eigenvalue weighted by molar-refractivity contribution is 5.99. The van der Waals surface area contributed by atoms with Gasteiger partial charge in [0.05, 0.1) is 24.7 Å². The van der Waals surface area contributed by atoms with Gasteiger partial charge in [-0.2, -0.15) is 5.10 Å². The van der Waals surface area contributed by atoms with Crippen molar-refractivity contribution >= 4 is 22.7 Å². The van der Waals surface area contributed by atoms with Gasteiger partial charge in [0.1, 0.15) is 0 Å². The Morgan fingerprint density at radius 2 is 1.89 bits per heavy atom. The lowest BCUT2D eigenvalue weighted by atomic mass is 10.0. The summed E-state index contributed by atoms with van der Waals surface area (Å²) in [7, 11) is 0. The molecule has 0 aliphatic heterocycles. The maximum absolute atomic E-state index is 12.3. The summed E-state index contributed by atoms with van der Waals surface area (Å²) in [5, 5.41) is 4.62. The molecule has 1 heterocycles. The Kier molecular flexibility index (Phi) is 5.45. The quantitative estimate of drug-likeness (QED) is 0.496. The largest absolute Gasteiger partial charge is 0.457 e. The third-order valence-corrected chi connectivity index (χ3v) is 4.35. The predicted molar refractivity (Wildman–Crippen MR) is 102 cm³/mol.